The Morgan fingerprint density at radius 2 is 2.17 bits per heavy atom. The first-order valence-corrected chi connectivity index (χ1v) is 8.80. The molecule has 0 saturated carbocycles. The van der Waals surface area contributed by atoms with Gasteiger partial charge in [-0.2, -0.15) is 5.10 Å². The summed E-state index contributed by atoms with van der Waals surface area (Å²) in [5.41, 5.74) is 1.25. The average Bonchev–Trinajstić information content (AvgIpc) is 3.36. The molecule has 7 heteroatoms. The van der Waals surface area contributed by atoms with Gasteiger partial charge in [-0.25, -0.2) is 0 Å². The molecular weight excluding hydrogens is 310 g/mol. The molecule has 0 aliphatic carbocycles. The Kier molecular flexibility index (Phi) is 3.97. The molecule has 3 aromatic rings. The molecule has 0 radical (unpaired) electrons. The monoisotopic (exact) mass is 329 g/mol. The molecule has 0 spiro atoms. The van der Waals surface area contributed by atoms with Crippen LogP contribution in [0, 0.1) is 0 Å². The van der Waals surface area contributed by atoms with Crippen LogP contribution < -0.4 is 0 Å². The number of piperidine rings is 1. The fraction of sp³-hybridized carbons (Fsp3) is 0.438. The van der Waals surface area contributed by atoms with Gasteiger partial charge in [0.05, 0.1) is 10.9 Å². The van der Waals surface area contributed by atoms with E-state index in [0.717, 1.165) is 30.8 Å². The Morgan fingerprint density at radius 3 is 2.87 bits per heavy atom. The molecule has 23 heavy (non-hydrogen) atoms. The zero-order valence-electron chi connectivity index (χ0n) is 13.0. The van der Waals surface area contributed by atoms with Crippen molar-refractivity contribution < 1.29 is 4.42 Å². The van der Waals surface area contributed by atoms with Crippen molar-refractivity contribution in [1.82, 2.24) is 25.3 Å². The van der Waals surface area contributed by atoms with Crippen LogP contribution in [0.25, 0.3) is 10.8 Å². The highest BCUT2D eigenvalue weighted by Crippen LogP contribution is 2.32. The van der Waals surface area contributed by atoms with Gasteiger partial charge in [-0.05, 0) is 50.4 Å². The Morgan fingerprint density at radius 1 is 1.30 bits per heavy atom. The Bertz CT molecular complexity index is 728. The van der Waals surface area contributed by atoms with Crippen LogP contribution in [-0.2, 0) is 0 Å². The predicted octanol–water partition coefficient (Wildman–Crippen LogP) is 3.46. The second-order valence-electron chi connectivity index (χ2n) is 5.92. The number of thiophene rings is 1. The van der Waals surface area contributed by atoms with Gasteiger partial charge in [0.1, 0.15) is 0 Å². The molecule has 0 bridgehead atoms. The second kappa shape index (κ2) is 6.25. The van der Waals surface area contributed by atoms with E-state index in [4.69, 9.17) is 4.42 Å². The van der Waals surface area contributed by atoms with Crippen molar-refractivity contribution in [2.45, 2.75) is 31.7 Å². The Labute approximate surface area is 138 Å². The van der Waals surface area contributed by atoms with Crippen molar-refractivity contribution in [3.8, 4) is 10.8 Å². The molecule has 4 heterocycles. The fourth-order valence-electron chi connectivity index (χ4n) is 3.15. The van der Waals surface area contributed by atoms with E-state index in [9.17, 15) is 0 Å². The summed E-state index contributed by atoms with van der Waals surface area (Å²) in [6, 6.07) is 6.23. The maximum atomic E-state index is 5.87. The summed E-state index contributed by atoms with van der Waals surface area (Å²) in [5, 5.41) is 17.6. The second-order valence-corrected chi connectivity index (χ2v) is 6.87. The average molecular weight is 329 g/mol. The highest BCUT2D eigenvalue weighted by molar-refractivity contribution is 7.13. The number of hydrogen-bond donors (Lipinski definition) is 1. The first kappa shape index (κ1) is 14.6. The van der Waals surface area contributed by atoms with Crippen LogP contribution in [0.15, 0.2) is 34.2 Å². The van der Waals surface area contributed by atoms with Crippen LogP contribution in [0.3, 0.4) is 0 Å². The lowest BCUT2D eigenvalue weighted by Crippen LogP contribution is -2.35. The number of aromatic nitrogens is 4. The maximum absolute atomic E-state index is 5.87. The molecular formula is C16H19N5OS. The highest BCUT2D eigenvalue weighted by atomic mass is 32.1. The molecule has 1 atom stereocenters. The summed E-state index contributed by atoms with van der Waals surface area (Å²) in [7, 11) is 0. The third kappa shape index (κ3) is 2.94. The molecule has 1 aliphatic rings. The SMILES string of the molecule is C[C@@H](c1nnc(-c2cccs2)o1)N1CCC(c2ccn[nH]2)CC1. The minimum atomic E-state index is 0.152. The van der Waals surface area contributed by atoms with E-state index in [1.165, 1.54) is 5.69 Å². The molecule has 1 fully saturated rings. The molecule has 1 saturated heterocycles. The normalized spacial score (nSPS) is 18.3. The predicted molar refractivity (Wildman–Crippen MR) is 88.2 cm³/mol. The zero-order valence-corrected chi connectivity index (χ0v) is 13.8. The summed E-state index contributed by atoms with van der Waals surface area (Å²) < 4.78 is 5.87. The standard InChI is InChI=1S/C16H19N5OS/c1-11(15-19-20-16(22-15)14-3-2-10-23-14)21-8-5-12(6-9-21)13-4-7-17-18-13/h2-4,7,10-12H,5-6,8-9H2,1H3,(H,17,18)/t11-/m0/s1. The lowest BCUT2D eigenvalue weighted by molar-refractivity contribution is 0.142. The van der Waals surface area contributed by atoms with Crippen LogP contribution in [0.2, 0.25) is 0 Å². The Hall–Kier alpha value is -1.99. The molecule has 3 aromatic heterocycles. The van der Waals surface area contributed by atoms with Crippen molar-refractivity contribution in [3.63, 3.8) is 0 Å². The first-order chi connectivity index (χ1) is 11.3. The number of hydrogen-bond acceptors (Lipinski definition) is 6. The summed E-state index contributed by atoms with van der Waals surface area (Å²) in [4.78, 5) is 3.44. The van der Waals surface area contributed by atoms with E-state index in [1.807, 2.05) is 23.7 Å². The van der Waals surface area contributed by atoms with Gasteiger partial charge >= 0.3 is 0 Å². The van der Waals surface area contributed by atoms with E-state index in [-0.39, 0.29) is 6.04 Å². The van der Waals surface area contributed by atoms with Gasteiger partial charge in [-0.3, -0.25) is 10.00 Å². The lowest BCUT2D eigenvalue weighted by Gasteiger charge is -2.34. The van der Waals surface area contributed by atoms with Gasteiger partial charge < -0.3 is 4.42 Å². The smallest absolute Gasteiger partial charge is 0.257 e. The Balaban J connectivity index is 1.41. The topological polar surface area (TPSA) is 70.8 Å². The van der Waals surface area contributed by atoms with E-state index in [2.05, 4.69) is 38.3 Å². The van der Waals surface area contributed by atoms with Crippen molar-refractivity contribution in [2.24, 2.45) is 0 Å². The molecule has 0 aromatic carbocycles. The minimum absolute atomic E-state index is 0.152. The number of nitrogens with zero attached hydrogens (tertiary/aromatic N) is 4. The third-order valence-corrected chi connectivity index (χ3v) is 5.43. The van der Waals surface area contributed by atoms with Crippen molar-refractivity contribution in [2.75, 3.05) is 13.1 Å². The van der Waals surface area contributed by atoms with E-state index >= 15 is 0 Å². The number of nitrogens with one attached hydrogen (secondary N) is 1. The molecule has 1 N–H and O–H groups in total. The van der Waals surface area contributed by atoms with Gasteiger partial charge in [0.25, 0.3) is 5.89 Å². The number of likely N-dealkylation sites (tertiary alicyclic amines) is 1. The molecule has 6 nitrogen and oxygen atoms in total. The molecule has 0 unspecified atom stereocenters. The van der Waals surface area contributed by atoms with Gasteiger partial charge in [0.2, 0.25) is 5.89 Å². The van der Waals surface area contributed by atoms with Crippen LogP contribution in [-0.4, -0.2) is 38.4 Å². The van der Waals surface area contributed by atoms with Gasteiger partial charge in [0, 0.05) is 17.8 Å². The molecule has 0 amide bonds. The largest absolute Gasteiger partial charge is 0.418 e. The molecule has 4 rings (SSSR count). The van der Waals surface area contributed by atoms with Gasteiger partial charge in [-0.1, -0.05) is 6.07 Å². The lowest BCUT2D eigenvalue weighted by atomic mass is 9.93. The van der Waals surface area contributed by atoms with Gasteiger partial charge in [0.15, 0.2) is 0 Å². The van der Waals surface area contributed by atoms with Crippen molar-refractivity contribution >= 4 is 11.3 Å². The van der Waals surface area contributed by atoms with E-state index in [0.29, 0.717) is 17.7 Å². The number of H-pyrrole nitrogens is 1. The van der Waals surface area contributed by atoms with Gasteiger partial charge in [-0.15, -0.1) is 21.5 Å². The third-order valence-electron chi connectivity index (χ3n) is 4.57. The maximum Gasteiger partial charge on any atom is 0.257 e. The van der Waals surface area contributed by atoms with Crippen molar-refractivity contribution in [1.29, 1.82) is 0 Å². The van der Waals surface area contributed by atoms with Crippen molar-refractivity contribution in [3.05, 3.63) is 41.4 Å². The zero-order chi connectivity index (χ0) is 15.6. The summed E-state index contributed by atoms with van der Waals surface area (Å²) in [6.07, 6.45) is 4.08. The molecule has 1 aliphatic heterocycles. The van der Waals surface area contributed by atoms with Crippen LogP contribution in [0.5, 0.6) is 0 Å². The fourth-order valence-corrected chi connectivity index (χ4v) is 3.80. The van der Waals surface area contributed by atoms with E-state index < -0.39 is 0 Å². The number of rotatable bonds is 4. The first-order valence-electron chi connectivity index (χ1n) is 7.92. The van der Waals surface area contributed by atoms with Crippen LogP contribution >= 0.6 is 11.3 Å². The quantitative estimate of drug-likeness (QED) is 0.793. The van der Waals surface area contributed by atoms with Crippen LogP contribution in [0.4, 0.5) is 0 Å². The summed E-state index contributed by atoms with van der Waals surface area (Å²) in [5.74, 6) is 1.90. The number of aromatic amines is 1. The summed E-state index contributed by atoms with van der Waals surface area (Å²) in [6.45, 7) is 4.20. The highest BCUT2D eigenvalue weighted by Gasteiger charge is 2.27. The minimum Gasteiger partial charge on any atom is -0.418 e. The summed E-state index contributed by atoms with van der Waals surface area (Å²) >= 11 is 1.62. The van der Waals surface area contributed by atoms with Crippen LogP contribution in [0.1, 0.15) is 43.3 Å². The molecule has 120 valence electrons. The van der Waals surface area contributed by atoms with E-state index in [1.54, 1.807) is 11.3 Å².